The third-order valence-corrected chi connectivity index (χ3v) is 5.25. The number of anilines is 3. The van der Waals surface area contributed by atoms with Gasteiger partial charge in [-0.2, -0.15) is 0 Å². The molecule has 2 heterocycles. The van der Waals surface area contributed by atoms with Crippen LogP contribution in [0, 0.1) is 6.92 Å². The zero-order valence-electron chi connectivity index (χ0n) is 17.9. The number of amides is 2. The molecular formula is C23H26N4O4. The molecule has 8 heteroatoms. The van der Waals surface area contributed by atoms with Crippen molar-refractivity contribution in [3.8, 4) is 11.5 Å². The standard InChI is InChI=1S/C23H26N4O4/c1-15-12-22(27-8-10-31-11-9-27)25-19-6-4-16(13-18(15)19)24-23(28)26-20-14-17(29-2)5-7-21(20)30-3/h4-7,12-14H,8-11H2,1-3H3,(H2,24,26,28). The number of ether oxygens (including phenoxy) is 3. The predicted molar refractivity (Wildman–Crippen MR) is 122 cm³/mol. The number of aryl methyl sites for hydroxylation is 1. The minimum absolute atomic E-state index is 0.374. The van der Waals surface area contributed by atoms with Crippen LogP contribution in [0.2, 0.25) is 0 Å². The van der Waals surface area contributed by atoms with Crippen molar-refractivity contribution in [1.82, 2.24) is 4.98 Å². The lowest BCUT2D eigenvalue weighted by atomic mass is 10.1. The zero-order chi connectivity index (χ0) is 21.8. The van der Waals surface area contributed by atoms with Crippen LogP contribution in [0.5, 0.6) is 11.5 Å². The fraction of sp³-hybridized carbons (Fsp3) is 0.304. The van der Waals surface area contributed by atoms with E-state index in [4.69, 9.17) is 19.2 Å². The smallest absolute Gasteiger partial charge is 0.323 e. The molecule has 4 rings (SSSR count). The van der Waals surface area contributed by atoms with Gasteiger partial charge in [0.2, 0.25) is 0 Å². The van der Waals surface area contributed by atoms with Gasteiger partial charge in [0.1, 0.15) is 17.3 Å². The van der Waals surface area contributed by atoms with Gasteiger partial charge in [-0.1, -0.05) is 0 Å². The maximum atomic E-state index is 12.6. The van der Waals surface area contributed by atoms with Crippen LogP contribution in [-0.4, -0.2) is 51.5 Å². The topological polar surface area (TPSA) is 85.0 Å². The number of aromatic nitrogens is 1. The second-order valence-electron chi connectivity index (χ2n) is 7.27. The number of nitrogens with one attached hydrogen (secondary N) is 2. The molecule has 0 bridgehead atoms. The Balaban J connectivity index is 1.52. The van der Waals surface area contributed by atoms with E-state index in [1.54, 1.807) is 32.4 Å². The van der Waals surface area contributed by atoms with Crippen LogP contribution in [0.4, 0.5) is 22.0 Å². The summed E-state index contributed by atoms with van der Waals surface area (Å²) in [5.74, 6) is 2.13. The number of carbonyl (C=O) groups is 1. The Morgan fingerprint density at radius 3 is 2.58 bits per heavy atom. The summed E-state index contributed by atoms with van der Waals surface area (Å²) in [5, 5.41) is 6.68. The molecule has 31 heavy (non-hydrogen) atoms. The summed E-state index contributed by atoms with van der Waals surface area (Å²) >= 11 is 0. The highest BCUT2D eigenvalue weighted by molar-refractivity contribution is 6.02. The molecule has 2 amide bonds. The Kier molecular flexibility index (Phi) is 6.08. The maximum Gasteiger partial charge on any atom is 0.323 e. The molecule has 1 aliphatic heterocycles. The average Bonchev–Trinajstić information content (AvgIpc) is 2.79. The van der Waals surface area contributed by atoms with E-state index in [-0.39, 0.29) is 6.03 Å². The molecule has 0 saturated carbocycles. The maximum absolute atomic E-state index is 12.6. The van der Waals surface area contributed by atoms with E-state index in [1.165, 1.54) is 0 Å². The third-order valence-electron chi connectivity index (χ3n) is 5.25. The molecule has 2 N–H and O–H groups in total. The molecule has 1 fully saturated rings. The second kappa shape index (κ2) is 9.09. The van der Waals surface area contributed by atoms with Gasteiger partial charge in [-0.25, -0.2) is 9.78 Å². The van der Waals surface area contributed by atoms with E-state index in [0.717, 1.165) is 48.6 Å². The Morgan fingerprint density at radius 1 is 1.03 bits per heavy atom. The minimum atomic E-state index is -0.374. The van der Waals surface area contributed by atoms with Crippen molar-refractivity contribution >= 4 is 34.1 Å². The number of rotatable bonds is 5. The monoisotopic (exact) mass is 422 g/mol. The number of fused-ring (bicyclic) bond motifs is 1. The third kappa shape index (κ3) is 4.64. The molecule has 0 spiro atoms. The molecule has 3 aromatic rings. The van der Waals surface area contributed by atoms with Crippen LogP contribution in [0.3, 0.4) is 0 Å². The van der Waals surface area contributed by atoms with Crippen LogP contribution in [-0.2, 0) is 4.74 Å². The van der Waals surface area contributed by atoms with Crippen LogP contribution in [0.25, 0.3) is 10.9 Å². The first-order valence-electron chi connectivity index (χ1n) is 10.1. The first-order chi connectivity index (χ1) is 15.1. The van der Waals surface area contributed by atoms with Crippen molar-refractivity contribution in [2.24, 2.45) is 0 Å². The summed E-state index contributed by atoms with van der Waals surface area (Å²) in [6, 6.07) is 12.6. The average molecular weight is 422 g/mol. The summed E-state index contributed by atoms with van der Waals surface area (Å²) in [4.78, 5) is 19.6. The Hall–Kier alpha value is -3.52. The Labute approximate surface area is 181 Å². The quantitative estimate of drug-likeness (QED) is 0.646. The molecule has 2 aromatic carbocycles. The highest BCUT2D eigenvalue weighted by Crippen LogP contribution is 2.29. The number of hydrogen-bond acceptors (Lipinski definition) is 6. The van der Waals surface area contributed by atoms with E-state index in [9.17, 15) is 4.79 Å². The molecule has 1 aromatic heterocycles. The van der Waals surface area contributed by atoms with E-state index >= 15 is 0 Å². The van der Waals surface area contributed by atoms with Crippen molar-refractivity contribution in [2.45, 2.75) is 6.92 Å². The fourth-order valence-corrected chi connectivity index (χ4v) is 3.61. The molecular weight excluding hydrogens is 396 g/mol. The number of morpholine rings is 1. The van der Waals surface area contributed by atoms with Crippen LogP contribution in [0.15, 0.2) is 42.5 Å². The Morgan fingerprint density at radius 2 is 1.84 bits per heavy atom. The highest BCUT2D eigenvalue weighted by Gasteiger charge is 2.15. The molecule has 1 saturated heterocycles. The minimum Gasteiger partial charge on any atom is -0.497 e. The van der Waals surface area contributed by atoms with Crippen molar-refractivity contribution in [1.29, 1.82) is 0 Å². The van der Waals surface area contributed by atoms with E-state index in [1.807, 2.05) is 18.2 Å². The molecule has 0 unspecified atom stereocenters. The summed E-state index contributed by atoms with van der Waals surface area (Å²) in [6.07, 6.45) is 0. The van der Waals surface area contributed by atoms with Crippen molar-refractivity contribution in [3.63, 3.8) is 0 Å². The van der Waals surface area contributed by atoms with Gasteiger partial charge in [0, 0.05) is 30.2 Å². The highest BCUT2D eigenvalue weighted by atomic mass is 16.5. The number of nitrogens with zero attached hydrogens (tertiary/aromatic N) is 2. The van der Waals surface area contributed by atoms with Crippen molar-refractivity contribution in [3.05, 3.63) is 48.0 Å². The number of pyridine rings is 1. The van der Waals surface area contributed by atoms with Gasteiger partial charge in [-0.3, -0.25) is 0 Å². The lowest BCUT2D eigenvalue weighted by Gasteiger charge is -2.28. The predicted octanol–water partition coefficient (Wildman–Crippen LogP) is 4.04. The van der Waals surface area contributed by atoms with Crippen molar-refractivity contribution < 1.29 is 19.0 Å². The summed E-state index contributed by atoms with van der Waals surface area (Å²) < 4.78 is 16.0. The lowest BCUT2D eigenvalue weighted by molar-refractivity contribution is 0.122. The van der Waals surface area contributed by atoms with Gasteiger partial charge >= 0.3 is 6.03 Å². The summed E-state index contributed by atoms with van der Waals surface area (Å²) in [5.41, 5.74) is 3.19. The molecule has 1 aliphatic rings. The molecule has 0 radical (unpaired) electrons. The number of benzene rings is 2. The van der Waals surface area contributed by atoms with Gasteiger partial charge in [0.25, 0.3) is 0 Å². The molecule has 8 nitrogen and oxygen atoms in total. The van der Waals surface area contributed by atoms with Crippen LogP contribution >= 0.6 is 0 Å². The molecule has 0 aliphatic carbocycles. The van der Waals surface area contributed by atoms with E-state index in [0.29, 0.717) is 22.9 Å². The number of urea groups is 1. The largest absolute Gasteiger partial charge is 0.497 e. The van der Waals surface area contributed by atoms with Gasteiger partial charge in [-0.15, -0.1) is 0 Å². The van der Waals surface area contributed by atoms with E-state index < -0.39 is 0 Å². The van der Waals surface area contributed by atoms with Gasteiger partial charge in [-0.05, 0) is 48.9 Å². The fourth-order valence-electron chi connectivity index (χ4n) is 3.61. The SMILES string of the molecule is COc1ccc(OC)c(NC(=O)Nc2ccc3nc(N4CCOCC4)cc(C)c3c2)c1. The van der Waals surface area contributed by atoms with Crippen molar-refractivity contribution in [2.75, 3.05) is 56.1 Å². The second-order valence-corrected chi connectivity index (χ2v) is 7.27. The van der Waals surface area contributed by atoms with E-state index in [2.05, 4.69) is 28.5 Å². The number of carbonyl (C=O) groups excluding carboxylic acids is 1. The zero-order valence-corrected chi connectivity index (χ0v) is 17.9. The van der Waals surface area contributed by atoms with Gasteiger partial charge < -0.3 is 29.7 Å². The van der Waals surface area contributed by atoms with Crippen LogP contribution in [0.1, 0.15) is 5.56 Å². The van der Waals surface area contributed by atoms with Gasteiger partial charge in [0.05, 0.1) is 38.6 Å². The summed E-state index contributed by atoms with van der Waals surface area (Å²) in [6.45, 7) is 5.17. The number of hydrogen-bond donors (Lipinski definition) is 2. The summed E-state index contributed by atoms with van der Waals surface area (Å²) in [7, 11) is 3.12. The first-order valence-corrected chi connectivity index (χ1v) is 10.1. The molecule has 0 atom stereocenters. The lowest BCUT2D eigenvalue weighted by Crippen LogP contribution is -2.36. The Bertz CT molecular complexity index is 1100. The molecule has 162 valence electrons. The van der Waals surface area contributed by atoms with Crippen LogP contribution < -0.4 is 25.0 Å². The number of methoxy groups -OCH3 is 2. The van der Waals surface area contributed by atoms with Gasteiger partial charge in [0.15, 0.2) is 0 Å². The normalized spacial score (nSPS) is 13.7. The first kappa shape index (κ1) is 20.7.